The summed E-state index contributed by atoms with van der Waals surface area (Å²) in [5.74, 6) is 0.768. The number of rotatable bonds is 4. The van der Waals surface area contributed by atoms with Crippen molar-refractivity contribution in [3.63, 3.8) is 0 Å². The zero-order valence-electron chi connectivity index (χ0n) is 11.1. The third-order valence-electron chi connectivity index (χ3n) is 3.33. The van der Waals surface area contributed by atoms with E-state index in [-0.39, 0.29) is 5.56 Å². The SMILES string of the molecule is O=c1[nH]c(NCCc2ccccc2)cc2ccccc12. The molecule has 0 spiro atoms. The van der Waals surface area contributed by atoms with Crippen LogP contribution in [0.2, 0.25) is 0 Å². The van der Waals surface area contributed by atoms with Gasteiger partial charge in [0.15, 0.2) is 0 Å². The van der Waals surface area contributed by atoms with Crippen LogP contribution in [0.5, 0.6) is 0 Å². The van der Waals surface area contributed by atoms with Crippen LogP contribution in [-0.2, 0) is 6.42 Å². The Hall–Kier alpha value is -2.55. The average Bonchev–Trinajstić information content (AvgIpc) is 2.48. The monoisotopic (exact) mass is 264 g/mol. The standard InChI is InChI=1S/C17H16N2O/c20-17-15-9-5-4-8-14(15)12-16(19-17)18-11-10-13-6-2-1-3-7-13/h1-9,12H,10-11H2,(H2,18,19,20). The Morgan fingerprint density at radius 3 is 2.55 bits per heavy atom. The van der Waals surface area contributed by atoms with E-state index >= 15 is 0 Å². The summed E-state index contributed by atoms with van der Waals surface area (Å²) in [6.07, 6.45) is 0.926. The summed E-state index contributed by atoms with van der Waals surface area (Å²) in [5, 5.41) is 4.95. The molecule has 0 atom stereocenters. The van der Waals surface area contributed by atoms with Crippen LogP contribution in [0, 0.1) is 0 Å². The van der Waals surface area contributed by atoms with Crippen molar-refractivity contribution in [3.8, 4) is 0 Å². The lowest BCUT2D eigenvalue weighted by Gasteiger charge is -2.07. The quantitative estimate of drug-likeness (QED) is 0.760. The molecule has 2 N–H and O–H groups in total. The number of pyridine rings is 1. The van der Waals surface area contributed by atoms with E-state index in [4.69, 9.17) is 0 Å². The Morgan fingerprint density at radius 2 is 1.70 bits per heavy atom. The van der Waals surface area contributed by atoms with E-state index in [1.807, 2.05) is 48.5 Å². The molecule has 3 rings (SSSR count). The van der Waals surface area contributed by atoms with Gasteiger partial charge in [-0.3, -0.25) is 4.79 Å². The first-order valence-electron chi connectivity index (χ1n) is 6.73. The molecule has 3 nitrogen and oxygen atoms in total. The fraction of sp³-hybridized carbons (Fsp3) is 0.118. The predicted molar refractivity (Wildman–Crippen MR) is 83.2 cm³/mol. The van der Waals surface area contributed by atoms with Crippen LogP contribution in [0.4, 0.5) is 5.82 Å². The molecule has 0 saturated carbocycles. The van der Waals surface area contributed by atoms with E-state index in [0.717, 1.165) is 29.6 Å². The molecule has 0 amide bonds. The summed E-state index contributed by atoms with van der Waals surface area (Å²) < 4.78 is 0. The average molecular weight is 264 g/mol. The van der Waals surface area contributed by atoms with Crippen LogP contribution in [0.3, 0.4) is 0 Å². The number of benzene rings is 2. The van der Waals surface area contributed by atoms with E-state index in [0.29, 0.717) is 0 Å². The van der Waals surface area contributed by atoms with Crippen LogP contribution in [0.25, 0.3) is 10.8 Å². The molecule has 0 radical (unpaired) electrons. The number of fused-ring (bicyclic) bond motifs is 1. The smallest absolute Gasteiger partial charge is 0.257 e. The van der Waals surface area contributed by atoms with Gasteiger partial charge in [-0.25, -0.2) is 0 Å². The number of hydrogen-bond acceptors (Lipinski definition) is 2. The second kappa shape index (κ2) is 5.61. The lowest BCUT2D eigenvalue weighted by atomic mass is 10.1. The van der Waals surface area contributed by atoms with Gasteiger partial charge in [0.1, 0.15) is 5.82 Å². The number of H-pyrrole nitrogens is 1. The van der Waals surface area contributed by atoms with Gasteiger partial charge < -0.3 is 10.3 Å². The first-order chi connectivity index (χ1) is 9.83. The van der Waals surface area contributed by atoms with Gasteiger partial charge in [-0.15, -0.1) is 0 Å². The number of aromatic nitrogens is 1. The van der Waals surface area contributed by atoms with Gasteiger partial charge >= 0.3 is 0 Å². The third kappa shape index (κ3) is 2.72. The van der Waals surface area contributed by atoms with Crippen molar-refractivity contribution in [1.29, 1.82) is 0 Å². The van der Waals surface area contributed by atoms with Gasteiger partial charge in [-0.1, -0.05) is 48.5 Å². The van der Waals surface area contributed by atoms with E-state index in [1.54, 1.807) is 0 Å². The van der Waals surface area contributed by atoms with Crippen LogP contribution in [-0.4, -0.2) is 11.5 Å². The summed E-state index contributed by atoms with van der Waals surface area (Å²) in [5.41, 5.74) is 1.23. The van der Waals surface area contributed by atoms with Crippen molar-refractivity contribution >= 4 is 16.6 Å². The van der Waals surface area contributed by atoms with Crippen molar-refractivity contribution < 1.29 is 0 Å². The van der Waals surface area contributed by atoms with Gasteiger partial charge in [-0.2, -0.15) is 0 Å². The van der Waals surface area contributed by atoms with Crippen molar-refractivity contribution in [2.45, 2.75) is 6.42 Å². The van der Waals surface area contributed by atoms with Crippen molar-refractivity contribution in [1.82, 2.24) is 4.98 Å². The molecule has 0 aliphatic rings. The Labute approximate surface area is 117 Å². The molecule has 0 aliphatic heterocycles. The largest absolute Gasteiger partial charge is 0.371 e. The molecule has 100 valence electrons. The van der Waals surface area contributed by atoms with Crippen molar-refractivity contribution in [3.05, 3.63) is 76.6 Å². The van der Waals surface area contributed by atoms with Gasteiger partial charge in [0.25, 0.3) is 5.56 Å². The lowest BCUT2D eigenvalue weighted by molar-refractivity contribution is 1.00. The molecule has 0 unspecified atom stereocenters. The highest BCUT2D eigenvalue weighted by Crippen LogP contribution is 2.12. The van der Waals surface area contributed by atoms with Crippen LogP contribution in [0.15, 0.2) is 65.5 Å². The van der Waals surface area contributed by atoms with Gasteiger partial charge in [0, 0.05) is 11.9 Å². The molecular formula is C17H16N2O. The third-order valence-corrected chi connectivity index (χ3v) is 3.33. The number of hydrogen-bond donors (Lipinski definition) is 2. The van der Waals surface area contributed by atoms with Crippen molar-refractivity contribution in [2.75, 3.05) is 11.9 Å². The molecule has 1 aromatic heterocycles. The highest BCUT2D eigenvalue weighted by atomic mass is 16.1. The minimum atomic E-state index is -0.0506. The number of nitrogens with one attached hydrogen (secondary N) is 2. The van der Waals surface area contributed by atoms with Crippen LogP contribution in [0.1, 0.15) is 5.56 Å². The van der Waals surface area contributed by atoms with Crippen molar-refractivity contribution in [2.24, 2.45) is 0 Å². The van der Waals surface area contributed by atoms with E-state index < -0.39 is 0 Å². The number of anilines is 1. The Bertz CT molecular complexity index is 763. The predicted octanol–water partition coefficient (Wildman–Crippen LogP) is 3.18. The van der Waals surface area contributed by atoms with Gasteiger partial charge in [0.05, 0.1) is 0 Å². The maximum absolute atomic E-state index is 11.9. The summed E-state index contributed by atoms with van der Waals surface area (Å²) in [6.45, 7) is 0.790. The molecule has 3 heteroatoms. The minimum Gasteiger partial charge on any atom is -0.371 e. The zero-order valence-corrected chi connectivity index (χ0v) is 11.1. The molecule has 20 heavy (non-hydrogen) atoms. The van der Waals surface area contributed by atoms with Crippen LogP contribution < -0.4 is 10.9 Å². The maximum atomic E-state index is 11.9. The first kappa shape index (κ1) is 12.5. The molecular weight excluding hydrogens is 248 g/mol. The number of aromatic amines is 1. The normalized spacial score (nSPS) is 10.6. The fourth-order valence-corrected chi connectivity index (χ4v) is 2.29. The molecule has 2 aromatic carbocycles. The van der Waals surface area contributed by atoms with Gasteiger partial charge in [0.2, 0.25) is 0 Å². The highest BCUT2D eigenvalue weighted by molar-refractivity contribution is 5.83. The van der Waals surface area contributed by atoms with Crippen LogP contribution >= 0.6 is 0 Å². The summed E-state index contributed by atoms with van der Waals surface area (Å²) in [7, 11) is 0. The molecule has 1 heterocycles. The highest BCUT2D eigenvalue weighted by Gasteiger charge is 2.00. The Kier molecular flexibility index (Phi) is 3.50. The summed E-state index contributed by atoms with van der Waals surface area (Å²) in [6, 6.07) is 19.9. The fourth-order valence-electron chi connectivity index (χ4n) is 2.29. The Morgan fingerprint density at radius 1 is 0.950 bits per heavy atom. The Balaban J connectivity index is 1.73. The maximum Gasteiger partial charge on any atom is 0.257 e. The first-order valence-corrected chi connectivity index (χ1v) is 6.73. The summed E-state index contributed by atoms with van der Waals surface area (Å²) >= 11 is 0. The summed E-state index contributed by atoms with van der Waals surface area (Å²) in [4.78, 5) is 14.8. The molecule has 0 bridgehead atoms. The molecule has 0 saturated heterocycles. The molecule has 0 aliphatic carbocycles. The van der Waals surface area contributed by atoms with Gasteiger partial charge in [-0.05, 0) is 29.5 Å². The van der Waals surface area contributed by atoms with E-state index in [2.05, 4.69) is 22.4 Å². The van der Waals surface area contributed by atoms with E-state index in [9.17, 15) is 4.79 Å². The second-order valence-corrected chi connectivity index (χ2v) is 4.76. The molecule has 0 fully saturated rings. The van der Waals surface area contributed by atoms with E-state index in [1.165, 1.54) is 5.56 Å². The topological polar surface area (TPSA) is 44.9 Å². The lowest BCUT2D eigenvalue weighted by Crippen LogP contribution is -2.12. The molecule has 3 aromatic rings. The second-order valence-electron chi connectivity index (χ2n) is 4.76. The minimum absolute atomic E-state index is 0.0506. The zero-order chi connectivity index (χ0) is 13.8.